The highest BCUT2D eigenvalue weighted by Gasteiger charge is 2.33. The molecular weight excluding hydrogens is 226 g/mol. The van der Waals surface area contributed by atoms with Crippen molar-refractivity contribution in [1.29, 1.82) is 0 Å². The number of nitrogens with zero attached hydrogens (tertiary/aromatic N) is 3. The lowest BCUT2D eigenvalue weighted by Crippen LogP contribution is -2.37. The van der Waals surface area contributed by atoms with Gasteiger partial charge in [-0.3, -0.25) is 4.79 Å². The van der Waals surface area contributed by atoms with Crippen molar-refractivity contribution >= 4 is 17.3 Å². The summed E-state index contributed by atoms with van der Waals surface area (Å²) < 4.78 is 0. The molecule has 1 amide bonds. The first-order valence-corrected chi connectivity index (χ1v) is 5.95. The van der Waals surface area contributed by atoms with E-state index in [1.165, 1.54) is 4.90 Å². The predicted octanol–water partition coefficient (Wildman–Crippen LogP) is 2.29. The molecule has 0 spiro atoms. The molecular formula is C14H15N3O. The summed E-state index contributed by atoms with van der Waals surface area (Å²) in [6, 6.07) is 9.31. The Kier molecular flexibility index (Phi) is 3.70. The molecule has 0 fully saturated rings. The molecule has 0 heterocycles. The number of anilines is 1. The number of rotatable bonds is 3. The third-order valence-corrected chi connectivity index (χ3v) is 3.14. The maximum Gasteiger partial charge on any atom is 0.363 e. The average Bonchev–Trinajstić information content (AvgIpc) is 2.93. The first-order chi connectivity index (χ1) is 8.74. The van der Waals surface area contributed by atoms with Gasteiger partial charge in [0.15, 0.2) is 0 Å². The fourth-order valence-electron chi connectivity index (χ4n) is 2.08. The largest absolute Gasteiger partial charge is 0.363 e. The Balaban J connectivity index is 2.20. The molecule has 0 bridgehead atoms. The van der Waals surface area contributed by atoms with Crippen molar-refractivity contribution in [2.75, 3.05) is 11.9 Å². The van der Waals surface area contributed by atoms with Crippen LogP contribution < -0.4 is 4.90 Å². The lowest BCUT2D eigenvalue weighted by molar-refractivity contribution is -0.117. The number of benzene rings is 1. The summed E-state index contributed by atoms with van der Waals surface area (Å²) in [5, 5.41) is 0. The summed E-state index contributed by atoms with van der Waals surface area (Å²) in [6.07, 6.45) is 5.68. The number of carbonyl (C=O) groups excluding carboxylic acids is 1. The Labute approximate surface area is 106 Å². The van der Waals surface area contributed by atoms with Gasteiger partial charge < -0.3 is 10.4 Å². The van der Waals surface area contributed by atoms with Gasteiger partial charge in [-0.25, -0.2) is 0 Å². The van der Waals surface area contributed by atoms with Gasteiger partial charge in [0.25, 0.3) is 0 Å². The Bertz CT molecular complexity index is 515. The molecule has 1 atom stereocenters. The zero-order chi connectivity index (χ0) is 13.0. The van der Waals surface area contributed by atoms with E-state index in [0.717, 1.165) is 18.5 Å². The molecule has 1 aliphatic rings. The normalized spacial score (nSPS) is 17.3. The molecule has 0 saturated carbocycles. The first-order valence-electron chi connectivity index (χ1n) is 5.95. The number of allylic oxidation sites excluding steroid dienone is 2. The smallest absolute Gasteiger partial charge is 0.361 e. The third-order valence-electron chi connectivity index (χ3n) is 3.14. The third kappa shape index (κ3) is 2.39. The van der Waals surface area contributed by atoms with Crippen LogP contribution in [0.1, 0.15) is 12.8 Å². The molecule has 1 aromatic rings. The van der Waals surface area contributed by atoms with Crippen LogP contribution in [0.3, 0.4) is 0 Å². The van der Waals surface area contributed by atoms with E-state index in [1.807, 2.05) is 42.5 Å². The maximum atomic E-state index is 12.3. The number of hydrogen-bond acceptors (Lipinski definition) is 1. The second kappa shape index (κ2) is 5.43. The summed E-state index contributed by atoms with van der Waals surface area (Å²) >= 11 is 0. The van der Waals surface area contributed by atoms with Crippen molar-refractivity contribution in [3.63, 3.8) is 0 Å². The van der Waals surface area contributed by atoms with E-state index in [2.05, 4.69) is 4.79 Å². The number of para-hydroxylation sites is 1. The summed E-state index contributed by atoms with van der Waals surface area (Å²) in [4.78, 5) is 17.0. The predicted molar refractivity (Wildman–Crippen MR) is 70.3 cm³/mol. The highest BCUT2D eigenvalue weighted by molar-refractivity contribution is 6.42. The maximum absolute atomic E-state index is 12.3. The van der Waals surface area contributed by atoms with E-state index < -0.39 is 0 Å². The van der Waals surface area contributed by atoms with Gasteiger partial charge in [-0.1, -0.05) is 30.4 Å². The number of carbonyl (C=O) groups is 1. The van der Waals surface area contributed by atoms with E-state index in [-0.39, 0.29) is 17.5 Å². The summed E-state index contributed by atoms with van der Waals surface area (Å²) in [7, 11) is 1.68. The quantitative estimate of drug-likeness (QED) is 0.346. The van der Waals surface area contributed by atoms with Crippen LogP contribution in [0.4, 0.5) is 5.69 Å². The lowest BCUT2D eigenvalue weighted by Gasteiger charge is -2.15. The van der Waals surface area contributed by atoms with E-state index in [9.17, 15) is 4.79 Å². The zero-order valence-corrected chi connectivity index (χ0v) is 10.3. The van der Waals surface area contributed by atoms with Gasteiger partial charge in [-0.15, -0.1) is 0 Å². The van der Waals surface area contributed by atoms with E-state index in [1.54, 1.807) is 7.05 Å². The van der Waals surface area contributed by atoms with Crippen molar-refractivity contribution in [1.82, 2.24) is 0 Å². The van der Waals surface area contributed by atoms with Crippen LogP contribution in [0.2, 0.25) is 0 Å². The molecule has 0 radical (unpaired) electrons. The van der Waals surface area contributed by atoms with E-state index in [4.69, 9.17) is 5.53 Å². The van der Waals surface area contributed by atoms with Crippen molar-refractivity contribution in [2.45, 2.75) is 12.8 Å². The van der Waals surface area contributed by atoms with Gasteiger partial charge in [-0.05, 0) is 25.0 Å². The second-order valence-corrected chi connectivity index (χ2v) is 4.30. The first kappa shape index (κ1) is 12.3. The van der Waals surface area contributed by atoms with Crippen LogP contribution in [0, 0.1) is 5.92 Å². The van der Waals surface area contributed by atoms with Crippen LogP contribution in [-0.2, 0) is 4.79 Å². The van der Waals surface area contributed by atoms with Crippen LogP contribution in [0.25, 0.3) is 5.53 Å². The zero-order valence-electron chi connectivity index (χ0n) is 10.3. The molecule has 1 aliphatic carbocycles. The second-order valence-electron chi connectivity index (χ2n) is 4.30. The minimum Gasteiger partial charge on any atom is -0.361 e. The van der Waals surface area contributed by atoms with Crippen LogP contribution in [-0.4, -0.2) is 23.5 Å². The van der Waals surface area contributed by atoms with Crippen molar-refractivity contribution in [2.24, 2.45) is 5.92 Å². The van der Waals surface area contributed by atoms with Crippen LogP contribution in [0.15, 0.2) is 42.5 Å². The van der Waals surface area contributed by atoms with Gasteiger partial charge in [0.2, 0.25) is 0 Å². The fraction of sp³-hybridized carbons (Fsp3) is 0.286. The van der Waals surface area contributed by atoms with Gasteiger partial charge in [0.1, 0.15) is 0 Å². The topological polar surface area (TPSA) is 56.7 Å². The monoisotopic (exact) mass is 241 g/mol. The highest BCUT2D eigenvalue weighted by Crippen LogP contribution is 2.20. The fourth-order valence-corrected chi connectivity index (χ4v) is 2.08. The highest BCUT2D eigenvalue weighted by atomic mass is 16.2. The van der Waals surface area contributed by atoms with Crippen molar-refractivity contribution in [3.8, 4) is 0 Å². The Morgan fingerprint density at radius 2 is 2.11 bits per heavy atom. The van der Waals surface area contributed by atoms with E-state index in [0.29, 0.717) is 0 Å². The molecule has 1 unspecified atom stereocenters. The van der Waals surface area contributed by atoms with Crippen LogP contribution in [0.5, 0.6) is 0 Å². The summed E-state index contributed by atoms with van der Waals surface area (Å²) in [6.45, 7) is 0. The molecule has 4 nitrogen and oxygen atoms in total. The van der Waals surface area contributed by atoms with E-state index >= 15 is 0 Å². The van der Waals surface area contributed by atoms with Gasteiger partial charge >= 0.3 is 11.6 Å². The summed E-state index contributed by atoms with van der Waals surface area (Å²) in [5.74, 6) is -0.339. The molecule has 18 heavy (non-hydrogen) atoms. The molecule has 0 N–H and O–H groups in total. The lowest BCUT2D eigenvalue weighted by atomic mass is 10.0. The minimum absolute atomic E-state index is 0.0753. The molecule has 0 saturated heterocycles. The number of hydrogen-bond donors (Lipinski definition) is 0. The Morgan fingerprint density at radius 3 is 2.67 bits per heavy atom. The van der Waals surface area contributed by atoms with Gasteiger partial charge in [0, 0.05) is 12.7 Å². The number of amides is 1. The minimum atomic E-state index is -0.264. The van der Waals surface area contributed by atoms with Gasteiger partial charge in [0.05, 0.1) is 5.92 Å². The van der Waals surface area contributed by atoms with Crippen LogP contribution >= 0.6 is 0 Å². The molecule has 4 heteroatoms. The Morgan fingerprint density at radius 1 is 1.39 bits per heavy atom. The summed E-state index contributed by atoms with van der Waals surface area (Å²) in [5.41, 5.74) is 10.0. The Hall–Kier alpha value is -2.19. The van der Waals surface area contributed by atoms with Crippen molar-refractivity contribution < 1.29 is 9.58 Å². The van der Waals surface area contributed by atoms with Gasteiger partial charge in [-0.2, -0.15) is 4.79 Å². The SMILES string of the molecule is CN(C(=O)C(=[N+]=[N-])C1C=CCC1)c1ccccc1. The molecule has 0 aromatic heterocycles. The molecule has 1 aromatic carbocycles. The molecule has 0 aliphatic heterocycles. The molecule has 2 rings (SSSR count). The van der Waals surface area contributed by atoms with Crippen molar-refractivity contribution in [3.05, 3.63) is 48.0 Å². The average molecular weight is 241 g/mol. The standard InChI is InChI=1S/C14H15N3O/c1-17(12-9-3-2-4-10-12)14(18)13(16-15)11-7-5-6-8-11/h2-5,7,9-11H,6,8H2,1H3. The molecule has 92 valence electrons.